The van der Waals surface area contributed by atoms with Crippen LogP contribution in [-0.4, -0.2) is 11.8 Å². The first kappa shape index (κ1) is 22.1. The Morgan fingerprint density at radius 1 is 0.968 bits per heavy atom. The van der Waals surface area contributed by atoms with Gasteiger partial charge in [0.15, 0.2) is 0 Å². The quantitative estimate of drug-likeness (QED) is 0.492. The monoisotopic (exact) mass is 416 g/mol. The van der Waals surface area contributed by atoms with Crippen molar-refractivity contribution < 1.29 is 14.0 Å². The third-order valence-electron chi connectivity index (χ3n) is 4.85. The van der Waals surface area contributed by atoms with Crippen LogP contribution in [0.2, 0.25) is 0 Å². The van der Waals surface area contributed by atoms with Crippen molar-refractivity contribution in [1.29, 1.82) is 0 Å². The topological polar surface area (TPSA) is 71.3 Å². The summed E-state index contributed by atoms with van der Waals surface area (Å²) in [5.41, 5.74) is 2.68. The lowest BCUT2D eigenvalue weighted by Crippen LogP contribution is -2.37. The van der Waals surface area contributed by atoms with Crippen LogP contribution in [0, 0.1) is 12.8 Å². The summed E-state index contributed by atoms with van der Waals surface area (Å²) in [6.45, 7) is 6.18. The first-order chi connectivity index (χ1) is 14.9. The van der Waals surface area contributed by atoms with E-state index in [1.165, 1.54) is 6.26 Å². The lowest BCUT2D eigenvalue weighted by molar-refractivity contribution is -0.118. The summed E-state index contributed by atoms with van der Waals surface area (Å²) >= 11 is 0. The normalized spacial score (nSPS) is 12.5. The molecule has 0 aliphatic rings. The van der Waals surface area contributed by atoms with Gasteiger partial charge in [-0.05, 0) is 49.1 Å². The van der Waals surface area contributed by atoms with E-state index in [4.69, 9.17) is 4.42 Å². The molecule has 160 valence electrons. The Kier molecular flexibility index (Phi) is 7.44. The minimum atomic E-state index is -0.369. The molecular formula is C26H28N2O3. The number of hydrogen-bond donors (Lipinski definition) is 2. The standard InChI is InChI=1S/C26H28N2O3/c1-18(2)16-23(20-8-5-4-6-9-20)27-26(30)24(17-22-10-7-15-31-22)28-25(29)21-13-11-19(3)12-14-21/h4-15,17-18,23H,16H2,1-3H3,(H,27,30)(H,28,29)/b24-17-. The molecule has 5 nitrogen and oxygen atoms in total. The Balaban J connectivity index is 1.84. The van der Waals surface area contributed by atoms with Crippen molar-refractivity contribution >= 4 is 17.9 Å². The Morgan fingerprint density at radius 2 is 1.68 bits per heavy atom. The Hall–Kier alpha value is -3.60. The molecule has 0 saturated heterocycles. The molecule has 1 atom stereocenters. The van der Waals surface area contributed by atoms with Crippen LogP contribution in [0.1, 0.15) is 53.6 Å². The average Bonchev–Trinajstić information content (AvgIpc) is 3.26. The molecule has 3 aromatic rings. The number of nitrogens with one attached hydrogen (secondary N) is 2. The molecule has 2 N–H and O–H groups in total. The van der Waals surface area contributed by atoms with Gasteiger partial charge in [0.2, 0.25) is 0 Å². The molecule has 0 radical (unpaired) electrons. The summed E-state index contributed by atoms with van der Waals surface area (Å²) in [6.07, 6.45) is 3.84. The SMILES string of the molecule is Cc1ccc(C(=O)N/C(=C\c2ccco2)C(=O)NC(CC(C)C)c2ccccc2)cc1. The van der Waals surface area contributed by atoms with E-state index in [1.807, 2.05) is 49.4 Å². The molecule has 5 heteroatoms. The van der Waals surface area contributed by atoms with Crippen LogP contribution in [-0.2, 0) is 4.79 Å². The van der Waals surface area contributed by atoms with E-state index in [9.17, 15) is 9.59 Å². The number of amides is 2. The summed E-state index contributed by atoms with van der Waals surface area (Å²) in [5, 5.41) is 5.83. The number of rotatable bonds is 8. The number of carbonyl (C=O) groups is 2. The van der Waals surface area contributed by atoms with E-state index in [0.29, 0.717) is 17.2 Å². The highest BCUT2D eigenvalue weighted by atomic mass is 16.3. The molecule has 0 saturated carbocycles. The van der Waals surface area contributed by atoms with E-state index in [-0.39, 0.29) is 23.6 Å². The maximum absolute atomic E-state index is 13.2. The van der Waals surface area contributed by atoms with E-state index < -0.39 is 0 Å². The zero-order valence-electron chi connectivity index (χ0n) is 18.1. The zero-order valence-corrected chi connectivity index (χ0v) is 18.1. The van der Waals surface area contributed by atoms with Gasteiger partial charge in [-0.3, -0.25) is 9.59 Å². The maximum atomic E-state index is 13.2. The predicted molar refractivity (Wildman–Crippen MR) is 122 cm³/mol. The fraction of sp³-hybridized carbons (Fsp3) is 0.231. The van der Waals surface area contributed by atoms with Gasteiger partial charge in [-0.1, -0.05) is 61.9 Å². The minimum Gasteiger partial charge on any atom is -0.465 e. The van der Waals surface area contributed by atoms with Crippen LogP contribution in [0.5, 0.6) is 0 Å². The van der Waals surface area contributed by atoms with Crippen molar-refractivity contribution in [2.45, 2.75) is 33.2 Å². The third kappa shape index (κ3) is 6.44. The van der Waals surface area contributed by atoms with Gasteiger partial charge in [0.25, 0.3) is 11.8 Å². The van der Waals surface area contributed by atoms with Crippen molar-refractivity contribution in [3.8, 4) is 0 Å². The molecule has 1 unspecified atom stereocenters. The highest BCUT2D eigenvalue weighted by molar-refractivity contribution is 6.05. The second-order valence-electron chi connectivity index (χ2n) is 7.96. The van der Waals surface area contributed by atoms with Gasteiger partial charge in [-0.15, -0.1) is 0 Å². The first-order valence-electron chi connectivity index (χ1n) is 10.4. The Bertz CT molecular complexity index is 1020. The lowest BCUT2D eigenvalue weighted by Gasteiger charge is -2.22. The summed E-state index contributed by atoms with van der Waals surface area (Å²) < 4.78 is 5.36. The van der Waals surface area contributed by atoms with Gasteiger partial charge in [-0.2, -0.15) is 0 Å². The van der Waals surface area contributed by atoms with Crippen molar-refractivity contribution in [3.05, 3.63) is 101 Å². The average molecular weight is 417 g/mol. The summed E-state index contributed by atoms with van der Waals surface area (Å²) in [5.74, 6) is 0.138. The molecule has 1 heterocycles. The largest absolute Gasteiger partial charge is 0.465 e. The van der Waals surface area contributed by atoms with Crippen LogP contribution in [0.15, 0.2) is 83.1 Å². The molecule has 3 rings (SSSR count). The molecule has 1 aromatic heterocycles. The molecule has 0 aliphatic heterocycles. The molecular weight excluding hydrogens is 388 g/mol. The summed E-state index contributed by atoms with van der Waals surface area (Å²) in [6, 6.07) is 20.3. The van der Waals surface area contributed by atoms with Crippen LogP contribution < -0.4 is 10.6 Å². The number of aryl methyl sites for hydroxylation is 1. The third-order valence-corrected chi connectivity index (χ3v) is 4.85. The number of carbonyl (C=O) groups excluding carboxylic acids is 2. The number of benzene rings is 2. The molecule has 2 aromatic carbocycles. The Morgan fingerprint density at radius 3 is 2.29 bits per heavy atom. The van der Waals surface area contributed by atoms with Gasteiger partial charge < -0.3 is 15.1 Å². The lowest BCUT2D eigenvalue weighted by atomic mass is 9.97. The Labute approximate surface area is 183 Å². The van der Waals surface area contributed by atoms with Crippen molar-refractivity contribution in [2.75, 3.05) is 0 Å². The minimum absolute atomic E-state index is 0.130. The van der Waals surface area contributed by atoms with Gasteiger partial charge in [0.05, 0.1) is 12.3 Å². The van der Waals surface area contributed by atoms with Crippen molar-refractivity contribution in [3.63, 3.8) is 0 Å². The van der Waals surface area contributed by atoms with Gasteiger partial charge in [0, 0.05) is 11.6 Å². The fourth-order valence-electron chi connectivity index (χ4n) is 3.24. The second-order valence-corrected chi connectivity index (χ2v) is 7.96. The predicted octanol–water partition coefficient (Wildman–Crippen LogP) is 5.26. The molecule has 0 fully saturated rings. The van der Waals surface area contributed by atoms with Gasteiger partial charge in [-0.25, -0.2) is 0 Å². The van der Waals surface area contributed by atoms with Crippen LogP contribution in [0.3, 0.4) is 0 Å². The molecule has 31 heavy (non-hydrogen) atoms. The summed E-state index contributed by atoms with van der Waals surface area (Å²) in [4.78, 5) is 26.0. The summed E-state index contributed by atoms with van der Waals surface area (Å²) in [7, 11) is 0. The van der Waals surface area contributed by atoms with Crippen LogP contribution >= 0.6 is 0 Å². The van der Waals surface area contributed by atoms with E-state index in [2.05, 4.69) is 24.5 Å². The van der Waals surface area contributed by atoms with Crippen molar-refractivity contribution in [1.82, 2.24) is 10.6 Å². The number of hydrogen-bond acceptors (Lipinski definition) is 3. The molecule has 0 aliphatic carbocycles. The maximum Gasteiger partial charge on any atom is 0.268 e. The van der Waals surface area contributed by atoms with Gasteiger partial charge in [0.1, 0.15) is 11.5 Å². The molecule has 2 amide bonds. The van der Waals surface area contributed by atoms with Gasteiger partial charge >= 0.3 is 0 Å². The molecule has 0 bridgehead atoms. The highest BCUT2D eigenvalue weighted by Crippen LogP contribution is 2.22. The second kappa shape index (κ2) is 10.4. The van der Waals surface area contributed by atoms with Crippen LogP contribution in [0.25, 0.3) is 6.08 Å². The molecule has 0 spiro atoms. The number of furan rings is 1. The zero-order chi connectivity index (χ0) is 22.2. The van der Waals surface area contributed by atoms with Crippen LogP contribution in [0.4, 0.5) is 0 Å². The highest BCUT2D eigenvalue weighted by Gasteiger charge is 2.21. The van der Waals surface area contributed by atoms with Crippen molar-refractivity contribution in [2.24, 2.45) is 5.92 Å². The van der Waals surface area contributed by atoms with E-state index >= 15 is 0 Å². The van der Waals surface area contributed by atoms with E-state index in [1.54, 1.807) is 30.3 Å². The van der Waals surface area contributed by atoms with E-state index in [0.717, 1.165) is 17.5 Å². The fourth-order valence-corrected chi connectivity index (χ4v) is 3.24. The smallest absolute Gasteiger partial charge is 0.268 e. The first-order valence-corrected chi connectivity index (χ1v) is 10.4.